The number of halogens is 1. The summed E-state index contributed by atoms with van der Waals surface area (Å²) >= 11 is 5.84. The van der Waals surface area contributed by atoms with Crippen LogP contribution >= 0.6 is 11.6 Å². The Morgan fingerprint density at radius 1 is 1.38 bits per heavy atom. The van der Waals surface area contributed by atoms with Gasteiger partial charge >= 0.3 is 5.97 Å². The van der Waals surface area contributed by atoms with Crippen molar-refractivity contribution in [3.63, 3.8) is 0 Å². The van der Waals surface area contributed by atoms with Crippen LogP contribution in [0.4, 0.5) is 0 Å². The molecule has 0 saturated carbocycles. The molecule has 0 radical (unpaired) electrons. The molecule has 0 aromatic heterocycles. The van der Waals surface area contributed by atoms with E-state index in [0.29, 0.717) is 5.02 Å². The molecule has 1 aromatic rings. The number of hydrogen-bond acceptors (Lipinski definition) is 3. The highest BCUT2D eigenvalue weighted by molar-refractivity contribution is 7.89. The molecule has 21 heavy (non-hydrogen) atoms. The Morgan fingerprint density at radius 3 is 2.57 bits per heavy atom. The molecule has 2 N–H and O–H groups in total. The summed E-state index contributed by atoms with van der Waals surface area (Å²) in [5.74, 6) is -1.24. The van der Waals surface area contributed by atoms with E-state index in [1.165, 1.54) is 0 Å². The van der Waals surface area contributed by atoms with E-state index >= 15 is 0 Å². The van der Waals surface area contributed by atoms with Gasteiger partial charge in [-0.05, 0) is 36.5 Å². The lowest BCUT2D eigenvalue weighted by Crippen LogP contribution is -2.42. The Bertz CT molecular complexity index is 586. The molecule has 0 aliphatic rings. The second-order valence-corrected chi connectivity index (χ2v) is 7.65. The van der Waals surface area contributed by atoms with Gasteiger partial charge in [-0.25, -0.2) is 13.1 Å². The molecule has 0 amide bonds. The van der Waals surface area contributed by atoms with E-state index in [-0.39, 0.29) is 24.5 Å². The van der Waals surface area contributed by atoms with Crippen LogP contribution in [-0.2, 0) is 21.2 Å². The van der Waals surface area contributed by atoms with Crippen molar-refractivity contribution in [3.05, 3.63) is 34.9 Å². The molecule has 1 rings (SSSR count). The second-order valence-electron chi connectivity index (χ2n) is 5.34. The zero-order chi connectivity index (χ0) is 16.0. The molecule has 0 fully saturated rings. The molecule has 1 unspecified atom stereocenters. The summed E-state index contributed by atoms with van der Waals surface area (Å²) in [6.07, 6.45) is 0.537. The summed E-state index contributed by atoms with van der Waals surface area (Å²) in [6.45, 7) is 3.69. The number of carboxylic acid groups (broad SMARTS) is 1. The van der Waals surface area contributed by atoms with E-state index in [1.54, 1.807) is 24.3 Å². The lowest BCUT2D eigenvalue weighted by atomic mass is 10.1. The Balaban J connectivity index is 2.66. The molecule has 0 aliphatic carbocycles. The van der Waals surface area contributed by atoms with Gasteiger partial charge in [-0.1, -0.05) is 37.6 Å². The minimum absolute atomic E-state index is 0.0849. The van der Waals surface area contributed by atoms with E-state index < -0.39 is 22.0 Å². The van der Waals surface area contributed by atoms with Gasteiger partial charge in [0, 0.05) is 5.02 Å². The van der Waals surface area contributed by atoms with Crippen LogP contribution in [0.25, 0.3) is 0 Å². The normalized spacial score (nSPS) is 13.3. The molecule has 0 saturated heterocycles. The molecule has 118 valence electrons. The lowest BCUT2D eigenvalue weighted by Gasteiger charge is -2.16. The Morgan fingerprint density at radius 2 is 2.05 bits per heavy atom. The fourth-order valence-corrected chi connectivity index (χ4v) is 3.36. The van der Waals surface area contributed by atoms with Crippen molar-refractivity contribution in [2.75, 3.05) is 5.75 Å². The standard InChI is InChI=1S/C14H20ClNO4S/c1-10(2)8-13(14(17)18)16-21(19,20)7-6-11-4-3-5-12(15)9-11/h3-5,9-10,13,16H,6-8H2,1-2H3,(H,17,18). The van der Waals surface area contributed by atoms with Crippen molar-refractivity contribution >= 4 is 27.6 Å². The third kappa shape index (κ3) is 6.93. The van der Waals surface area contributed by atoms with Crippen LogP contribution in [0.2, 0.25) is 5.02 Å². The van der Waals surface area contributed by atoms with E-state index in [2.05, 4.69) is 4.72 Å². The van der Waals surface area contributed by atoms with Gasteiger partial charge in [-0.2, -0.15) is 0 Å². The number of sulfonamides is 1. The average Bonchev–Trinajstić information content (AvgIpc) is 2.35. The highest BCUT2D eigenvalue weighted by Gasteiger charge is 2.24. The molecule has 0 heterocycles. The van der Waals surface area contributed by atoms with Gasteiger partial charge in [-0.15, -0.1) is 0 Å². The summed E-state index contributed by atoms with van der Waals surface area (Å²) < 4.78 is 26.2. The van der Waals surface area contributed by atoms with Crippen LogP contribution < -0.4 is 4.72 Å². The predicted octanol–water partition coefficient (Wildman–Crippen LogP) is 2.30. The third-order valence-corrected chi connectivity index (χ3v) is 4.50. The smallest absolute Gasteiger partial charge is 0.321 e. The second kappa shape index (κ2) is 7.77. The van der Waals surface area contributed by atoms with Gasteiger partial charge in [0.2, 0.25) is 10.0 Å². The van der Waals surface area contributed by atoms with E-state index in [0.717, 1.165) is 5.56 Å². The monoisotopic (exact) mass is 333 g/mol. The van der Waals surface area contributed by atoms with Crippen LogP contribution in [0, 0.1) is 5.92 Å². The predicted molar refractivity (Wildman–Crippen MR) is 83.0 cm³/mol. The van der Waals surface area contributed by atoms with Gasteiger partial charge in [0.05, 0.1) is 5.75 Å². The summed E-state index contributed by atoms with van der Waals surface area (Å²) in [6, 6.07) is 5.84. The highest BCUT2D eigenvalue weighted by atomic mass is 35.5. The maximum Gasteiger partial charge on any atom is 0.321 e. The van der Waals surface area contributed by atoms with E-state index in [4.69, 9.17) is 16.7 Å². The Kier molecular flexibility index (Phi) is 6.64. The number of aliphatic carboxylic acids is 1. The number of aryl methyl sites for hydroxylation is 1. The van der Waals surface area contributed by atoms with E-state index in [9.17, 15) is 13.2 Å². The summed E-state index contributed by atoms with van der Waals surface area (Å²) in [7, 11) is -3.66. The summed E-state index contributed by atoms with van der Waals surface area (Å²) in [4.78, 5) is 11.1. The first-order valence-electron chi connectivity index (χ1n) is 6.67. The van der Waals surface area contributed by atoms with Crippen LogP contribution in [-0.4, -0.2) is 31.3 Å². The summed E-state index contributed by atoms with van der Waals surface area (Å²) in [5.41, 5.74) is 0.795. The van der Waals surface area contributed by atoms with Crippen LogP contribution in [0.1, 0.15) is 25.8 Å². The largest absolute Gasteiger partial charge is 0.480 e. The molecule has 5 nitrogen and oxygen atoms in total. The maximum absolute atomic E-state index is 12.0. The van der Waals surface area contributed by atoms with Gasteiger partial charge in [0.15, 0.2) is 0 Å². The maximum atomic E-state index is 12.0. The fraction of sp³-hybridized carbons (Fsp3) is 0.500. The lowest BCUT2D eigenvalue weighted by molar-refractivity contribution is -0.139. The fourth-order valence-electron chi connectivity index (χ4n) is 1.89. The summed E-state index contributed by atoms with van der Waals surface area (Å²) in [5, 5.41) is 9.61. The van der Waals surface area contributed by atoms with Crippen LogP contribution in [0.3, 0.4) is 0 Å². The van der Waals surface area contributed by atoms with Gasteiger partial charge < -0.3 is 5.11 Å². The van der Waals surface area contributed by atoms with Crippen molar-refractivity contribution in [2.24, 2.45) is 5.92 Å². The van der Waals surface area contributed by atoms with Crippen LogP contribution in [0.15, 0.2) is 24.3 Å². The van der Waals surface area contributed by atoms with Crippen LogP contribution in [0.5, 0.6) is 0 Å². The first kappa shape index (κ1) is 17.9. The van der Waals surface area contributed by atoms with Crippen molar-refractivity contribution < 1.29 is 18.3 Å². The van der Waals surface area contributed by atoms with Crippen molar-refractivity contribution in [1.82, 2.24) is 4.72 Å². The number of carbonyl (C=O) groups is 1. The van der Waals surface area contributed by atoms with Crippen molar-refractivity contribution in [3.8, 4) is 0 Å². The average molecular weight is 334 g/mol. The van der Waals surface area contributed by atoms with E-state index in [1.807, 2.05) is 13.8 Å². The topological polar surface area (TPSA) is 83.5 Å². The van der Waals surface area contributed by atoms with Crippen molar-refractivity contribution in [2.45, 2.75) is 32.7 Å². The molecule has 0 bridgehead atoms. The molecule has 7 heteroatoms. The molecular weight excluding hydrogens is 314 g/mol. The number of nitrogens with one attached hydrogen (secondary N) is 1. The molecule has 1 aromatic carbocycles. The number of rotatable bonds is 8. The minimum atomic E-state index is -3.66. The quantitative estimate of drug-likeness (QED) is 0.764. The number of hydrogen-bond donors (Lipinski definition) is 2. The molecule has 1 atom stereocenters. The van der Waals surface area contributed by atoms with Gasteiger partial charge in [-0.3, -0.25) is 4.79 Å². The number of carboxylic acids is 1. The minimum Gasteiger partial charge on any atom is -0.480 e. The third-order valence-electron chi connectivity index (χ3n) is 2.88. The first-order valence-corrected chi connectivity index (χ1v) is 8.70. The van der Waals surface area contributed by atoms with Gasteiger partial charge in [0.25, 0.3) is 0 Å². The Labute approximate surface area is 130 Å². The molecule has 0 aliphatic heterocycles. The zero-order valence-corrected chi connectivity index (χ0v) is 13.6. The SMILES string of the molecule is CC(C)CC(NS(=O)(=O)CCc1cccc(Cl)c1)C(=O)O. The molecule has 0 spiro atoms. The zero-order valence-electron chi connectivity index (χ0n) is 12.0. The number of benzene rings is 1. The molecular formula is C14H20ClNO4S. The first-order chi connectivity index (χ1) is 9.69. The van der Waals surface area contributed by atoms with Crippen molar-refractivity contribution in [1.29, 1.82) is 0 Å². The highest BCUT2D eigenvalue weighted by Crippen LogP contribution is 2.12. The van der Waals surface area contributed by atoms with Gasteiger partial charge in [0.1, 0.15) is 6.04 Å². The Hall–Kier alpha value is -1.11.